The molecule has 2 aliphatic rings. The van der Waals surface area contributed by atoms with Crippen molar-refractivity contribution in [2.45, 2.75) is 44.3 Å². The minimum atomic E-state index is -4.15. The monoisotopic (exact) mass is 250 g/mol. The van der Waals surface area contributed by atoms with Gasteiger partial charge >= 0.3 is 6.18 Å². The van der Waals surface area contributed by atoms with Crippen LogP contribution in [0.2, 0.25) is 0 Å². The molecule has 2 fully saturated rings. The highest BCUT2D eigenvalue weighted by molar-refractivity contribution is 4.91. The van der Waals surface area contributed by atoms with E-state index in [4.69, 9.17) is 5.73 Å². The quantitative estimate of drug-likeness (QED) is 0.833. The van der Waals surface area contributed by atoms with Gasteiger partial charge in [-0.05, 0) is 31.7 Å². The van der Waals surface area contributed by atoms with Gasteiger partial charge in [0, 0.05) is 19.1 Å². The van der Waals surface area contributed by atoms with Crippen LogP contribution in [0.5, 0.6) is 0 Å². The number of alkyl halides is 3. The third-order valence-electron chi connectivity index (χ3n) is 4.33. The first-order chi connectivity index (χ1) is 8.02. The second kappa shape index (κ2) is 5.14. The van der Waals surface area contributed by atoms with Gasteiger partial charge in [-0.2, -0.15) is 13.2 Å². The summed E-state index contributed by atoms with van der Waals surface area (Å²) in [7, 11) is 0. The van der Waals surface area contributed by atoms with Crippen molar-refractivity contribution in [3.8, 4) is 0 Å². The van der Waals surface area contributed by atoms with Gasteiger partial charge in [-0.25, -0.2) is 0 Å². The predicted octanol–water partition coefficient (Wildman–Crippen LogP) is 2.39. The highest BCUT2D eigenvalue weighted by Gasteiger charge is 2.43. The molecule has 1 aliphatic carbocycles. The lowest BCUT2D eigenvalue weighted by Gasteiger charge is -2.34. The van der Waals surface area contributed by atoms with Crippen molar-refractivity contribution in [3.05, 3.63) is 0 Å². The van der Waals surface area contributed by atoms with E-state index in [-0.39, 0.29) is 13.1 Å². The SMILES string of the molecule is NCC(CN1CCC2CCCCC21)C(F)(F)F. The maximum absolute atomic E-state index is 12.7. The van der Waals surface area contributed by atoms with Crippen LogP contribution in [0.15, 0.2) is 0 Å². The largest absolute Gasteiger partial charge is 0.394 e. The van der Waals surface area contributed by atoms with E-state index in [1.165, 1.54) is 12.8 Å². The van der Waals surface area contributed by atoms with Crippen LogP contribution in [-0.2, 0) is 0 Å². The highest BCUT2D eigenvalue weighted by atomic mass is 19.4. The van der Waals surface area contributed by atoms with Crippen LogP contribution in [0.4, 0.5) is 13.2 Å². The first kappa shape index (κ1) is 13.1. The number of halogens is 3. The Balaban J connectivity index is 1.94. The lowest BCUT2D eigenvalue weighted by molar-refractivity contribution is -0.177. The fourth-order valence-corrected chi connectivity index (χ4v) is 3.32. The van der Waals surface area contributed by atoms with Crippen LogP contribution < -0.4 is 5.73 Å². The number of hydrogen-bond acceptors (Lipinski definition) is 2. The maximum atomic E-state index is 12.7. The van der Waals surface area contributed by atoms with Crippen molar-refractivity contribution < 1.29 is 13.2 Å². The molecule has 1 aliphatic heterocycles. The average Bonchev–Trinajstić information content (AvgIpc) is 2.67. The second-order valence-corrected chi connectivity index (χ2v) is 5.37. The Bertz CT molecular complexity index is 255. The van der Waals surface area contributed by atoms with Crippen LogP contribution in [0.1, 0.15) is 32.1 Å². The molecule has 1 saturated carbocycles. The van der Waals surface area contributed by atoms with E-state index < -0.39 is 12.1 Å². The van der Waals surface area contributed by atoms with Gasteiger partial charge in [0.05, 0.1) is 5.92 Å². The highest BCUT2D eigenvalue weighted by Crippen LogP contribution is 2.37. The summed E-state index contributed by atoms with van der Waals surface area (Å²) in [4.78, 5) is 2.04. The molecule has 3 unspecified atom stereocenters. The van der Waals surface area contributed by atoms with Crippen LogP contribution >= 0.6 is 0 Å². The summed E-state index contributed by atoms with van der Waals surface area (Å²) >= 11 is 0. The summed E-state index contributed by atoms with van der Waals surface area (Å²) < 4.78 is 38.1. The van der Waals surface area contributed by atoms with E-state index in [0.29, 0.717) is 12.0 Å². The van der Waals surface area contributed by atoms with Gasteiger partial charge in [-0.15, -0.1) is 0 Å². The van der Waals surface area contributed by atoms with Crippen molar-refractivity contribution >= 4 is 0 Å². The Hall–Kier alpha value is -0.290. The molecule has 2 rings (SSSR count). The molecule has 17 heavy (non-hydrogen) atoms. The van der Waals surface area contributed by atoms with Crippen molar-refractivity contribution in [2.24, 2.45) is 17.6 Å². The number of likely N-dealkylation sites (tertiary alicyclic amines) is 1. The number of fused-ring (bicyclic) bond motifs is 1. The van der Waals surface area contributed by atoms with E-state index in [1.54, 1.807) is 0 Å². The van der Waals surface area contributed by atoms with Gasteiger partial charge in [0.2, 0.25) is 0 Å². The predicted molar refractivity (Wildman–Crippen MR) is 60.5 cm³/mol. The third-order valence-corrected chi connectivity index (χ3v) is 4.33. The van der Waals surface area contributed by atoms with E-state index >= 15 is 0 Å². The average molecular weight is 250 g/mol. The molecular formula is C12H21F3N2. The fraction of sp³-hybridized carbons (Fsp3) is 1.00. The Labute approximate surface area is 100 Å². The molecule has 1 saturated heterocycles. The van der Waals surface area contributed by atoms with Gasteiger partial charge in [0.1, 0.15) is 0 Å². The molecule has 0 bridgehead atoms. The Morgan fingerprint density at radius 1 is 1.18 bits per heavy atom. The van der Waals surface area contributed by atoms with Gasteiger partial charge in [-0.3, -0.25) is 4.90 Å². The molecule has 0 aromatic heterocycles. The standard InChI is InChI=1S/C12H21F3N2/c13-12(14,15)10(7-16)8-17-6-5-9-3-1-2-4-11(9)17/h9-11H,1-8,16H2. The number of nitrogens with zero attached hydrogens (tertiary/aromatic N) is 1. The molecule has 0 amide bonds. The molecule has 0 aromatic rings. The summed E-state index contributed by atoms with van der Waals surface area (Å²) in [6.45, 7) is 0.625. The minimum Gasteiger partial charge on any atom is -0.330 e. The normalized spacial score (nSPS) is 32.5. The van der Waals surface area contributed by atoms with Crippen molar-refractivity contribution in [1.82, 2.24) is 4.90 Å². The summed E-state index contributed by atoms with van der Waals surface area (Å²) in [6.07, 6.45) is 1.59. The zero-order valence-corrected chi connectivity index (χ0v) is 10.0. The molecule has 2 N–H and O–H groups in total. The van der Waals surface area contributed by atoms with Gasteiger partial charge < -0.3 is 5.73 Å². The Kier molecular flexibility index (Phi) is 3.98. The molecule has 100 valence electrons. The Morgan fingerprint density at radius 3 is 2.53 bits per heavy atom. The number of nitrogens with two attached hydrogens (primary N) is 1. The second-order valence-electron chi connectivity index (χ2n) is 5.37. The van der Waals surface area contributed by atoms with Crippen LogP contribution in [-0.4, -0.2) is 36.8 Å². The number of hydrogen-bond donors (Lipinski definition) is 1. The van der Waals surface area contributed by atoms with E-state index in [0.717, 1.165) is 25.8 Å². The molecule has 0 aromatic carbocycles. The van der Waals surface area contributed by atoms with Crippen LogP contribution in [0.25, 0.3) is 0 Å². The summed E-state index contributed by atoms with van der Waals surface area (Å²) in [5, 5.41) is 0. The summed E-state index contributed by atoms with van der Waals surface area (Å²) in [5.74, 6) is -0.724. The smallest absolute Gasteiger partial charge is 0.330 e. The van der Waals surface area contributed by atoms with Crippen molar-refractivity contribution in [1.29, 1.82) is 0 Å². The topological polar surface area (TPSA) is 29.3 Å². The molecule has 2 nitrogen and oxygen atoms in total. The fourth-order valence-electron chi connectivity index (χ4n) is 3.32. The van der Waals surface area contributed by atoms with E-state index in [9.17, 15) is 13.2 Å². The van der Waals surface area contributed by atoms with Gasteiger partial charge in [-0.1, -0.05) is 12.8 Å². The molecule has 3 atom stereocenters. The maximum Gasteiger partial charge on any atom is 0.394 e. The lowest BCUT2D eigenvalue weighted by Crippen LogP contribution is -2.44. The molecule has 0 radical (unpaired) electrons. The van der Waals surface area contributed by atoms with E-state index in [2.05, 4.69) is 0 Å². The number of rotatable bonds is 3. The molecule has 0 spiro atoms. The first-order valence-electron chi connectivity index (χ1n) is 6.53. The minimum absolute atomic E-state index is 0.0984. The summed E-state index contributed by atoms with van der Waals surface area (Å²) in [5.41, 5.74) is 5.26. The third kappa shape index (κ3) is 2.94. The van der Waals surface area contributed by atoms with Crippen LogP contribution in [0, 0.1) is 11.8 Å². The molecular weight excluding hydrogens is 229 g/mol. The van der Waals surface area contributed by atoms with Crippen LogP contribution in [0.3, 0.4) is 0 Å². The lowest BCUT2D eigenvalue weighted by atomic mass is 9.85. The zero-order chi connectivity index (χ0) is 12.5. The molecule has 5 heteroatoms. The van der Waals surface area contributed by atoms with Gasteiger partial charge in [0.25, 0.3) is 0 Å². The van der Waals surface area contributed by atoms with Crippen molar-refractivity contribution in [2.75, 3.05) is 19.6 Å². The van der Waals surface area contributed by atoms with Crippen molar-refractivity contribution in [3.63, 3.8) is 0 Å². The molecule has 1 heterocycles. The first-order valence-corrected chi connectivity index (χ1v) is 6.53. The zero-order valence-electron chi connectivity index (χ0n) is 10.0. The van der Waals surface area contributed by atoms with Gasteiger partial charge in [0.15, 0.2) is 0 Å². The summed E-state index contributed by atoms with van der Waals surface area (Å²) in [6, 6.07) is 0.389. The Morgan fingerprint density at radius 2 is 1.88 bits per heavy atom. The van der Waals surface area contributed by atoms with E-state index in [1.807, 2.05) is 4.90 Å².